The lowest BCUT2D eigenvalue weighted by atomic mass is 10.00. The molecule has 0 saturated heterocycles. The molecular formula is C22H20FNO2S. The third-order valence-electron chi connectivity index (χ3n) is 4.36. The standard InChI is InChI=1S/C22H20FNO2S/c1-14(18-9-5-7-16-6-3-4-8-19(16)18)24-22(26)13-27-21-11-10-17(15(2)25)12-20(21)23/h3-12,14H,13H2,1-2H3,(H,24,26). The SMILES string of the molecule is CC(=O)c1ccc(SCC(=O)NC(C)c2cccc3ccccc23)c(F)c1. The lowest BCUT2D eigenvalue weighted by molar-refractivity contribution is -0.119. The molecule has 0 fully saturated rings. The molecule has 0 bridgehead atoms. The summed E-state index contributed by atoms with van der Waals surface area (Å²) in [6.45, 7) is 3.33. The highest BCUT2D eigenvalue weighted by Crippen LogP contribution is 2.25. The number of carbonyl (C=O) groups excluding carboxylic acids is 2. The van der Waals surface area contributed by atoms with Crippen molar-refractivity contribution in [1.82, 2.24) is 5.32 Å². The van der Waals surface area contributed by atoms with Crippen LogP contribution in [0.3, 0.4) is 0 Å². The van der Waals surface area contributed by atoms with Gasteiger partial charge in [-0.25, -0.2) is 4.39 Å². The van der Waals surface area contributed by atoms with Crippen molar-refractivity contribution in [2.24, 2.45) is 0 Å². The van der Waals surface area contributed by atoms with Crippen LogP contribution in [0.5, 0.6) is 0 Å². The molecule has 3 aromatic rings. The van der Waals surface area contributed by atoms with Crippen molar-refractivity contribution >= 4 is 34.2 Å². The number of fused-ring (bicyclic) bond motifs is 1. The highest BCUT2D eigenvalue weighted by Gasteiger charge is 2.14. The Hall–Kier alpha value is -2.66. The maximum atomic E-state index is 14.1. The molecule has 27 heavy (non-hydrogen) atoms. The van der Waals surface area contributed by atoms with Gasteiger partial charge in [-0.3, -0.25) is 9.59 Å². The molecule has 1 N–H and O–H groups in total. The van der Waals surface area contributed by atoms with E-state index in [-0.39, 0.29) is 23.5 Å². The predicted octanol–water partition coefficient (Wildman–Crippen LogP) is 5.15. The Labute approximate surface area is 162 Å². The van der Waals surface area contributed by atoms with Gasteiger partial charge in [0.2, 0.25) is 5.91 Å². The maximum Gasteiger partial charge on any atom is 0.230 e. The van der Waals surface area contributed by atoms with Crippen molar-refractivity contribution in [3.63, 3.8) is 0 Å². The third kappa shape index (κ3) is 4.55. The van der Waals surface area contributed by atoms with Crippen LogP contribution in [0.2, 0.25) is 0 Å². The first-order valence-corrected chi connectivity index (χ1v) is 9.64. The molecule has 3 aromatic carbocycles. The van der Waals surface area contributed by atoms with E-state index in [4.69, 9.17) is 0 Å². The quantitative estimate of drug-likeness (QED) is 0.474. The van der Waals surface area contributed by atoms with Crippen LogP contribution < -0.4 is 5.32 Å². The first-order chi connectivity index (χ1) is 13.0. The smallest absolute Gasteiger partial charge is 0.230 e. The molecule has 0 saturated carbocycles. The van der Waals surface area contributed by atoms with Crippen LogP contribution in [0.1, 0.15) is 35.8 Å². The molecular weight excluding hydrogens is 361 g/mol. The van der Waals surface area contributed by atoms with Crippen molar-refractivity contribution in [3.8, 4) is 0 Å². The number of amides is 1. The topological polar surface area (TPSA) is 46.2 Å². The van der Waals surface area contributed by atoms with Gasteiger partial charge >= 0.3 is 0 Å². The molecule has 0 aromatic heterocycles. The molecule has 0 aliphatic heterocycles. The number of hydrogen-bond acceptors (Lipinski definition) is 3. The summed E-state index contributed by atoms with van der Waals surface area (Å²) in [6, 6.07) is 18.2. The highest BCUT2D eigenvalue weighted by atomic mass is 32.2. The van der Waals surface area contributed by atoms with Crippen LogP contribution in [-0.2, 0) is 4.79 Å². The number of ketones is 1. The Bertz CT molecular complexity index is 997. The van der Waals surface area contributed by atoms with E-state index in [1.165, 1.54) is 19.1 Å². The largest absolute Gasteiger partial charge is 0.349 e. The summed E-state index contributed by atoms with van der Waals surface area (Å²) < 4.78 is 14.1. The molecule has 0 spiro atoms. The summed E-state index contributed by atoms with van der Waals surface area (Å²) in [5, 5.41) is 5.20. The fourth-order valence-electron chi connectivity index (χ4n) is 2.97. The van der Waals surface area contributed by atoms with Gasteiger partial charge in [-0.05, 0) is 42.3 Å². The van der Waals surface area contributed by atoms with Crippen molar-refractivity contribution in [2.45, 2.75) is 24.8 Å². The van der Waals surface area contributed by atoms with Crippen molar-refractivity contribution < 1.29 is 14.0 Å². The third-order valence-corrected chi connectivity index (χ3v) is 5.41. The van der Waals surface area contributed by atoms with Crippen LogP contribution in [-0.4, -0.2) is 17.4 Å². The Morgan fingerprint density at radius 2 is 1.81 bits per heavy atom. The Kier molecular flexibility index (Phi) is 5.91. The van der Waals surface area contributed by atoms with E-state index in [1.807, 2.05) is 49.4 Å². The zero-order valence-electron chi connectivity index (χ0n) is 15.2. The van der Waals surface area contributed by atoms with Crippen LogP contribution in [0.4, 0.5) is 4.39 Å². The second-order valence-electron chi connectivity index (χ2n) is 6.35. The second-order valence-corrected chi connectivity index (χ2v) is 7.36. The minimum atomic E-state index is -0.484. The number of benzene rings is 3. The first kappa shape index (κ1) is 19.1. The Morgan fingerprint density at radius 3 is 2.56 bits per heavy atom. The summed E-state index contributed by atoms with van der Waals surface area (Å²) in [4.78, 5) is 24.0. The number of nitrogens with one attached hydrogen (secondary N) is 1. The van der Waals surface area contributed by atoms with Gasteiger partial charge in [-0.15, -0.1) is 11.8 Å². The monoisotopic (exact) mass is 381 g/mol. The van der Waals surface area contributed by atoms with E-state index in [1.54, 1.807) is 6.07 Å². The van der Waals surface area contributed by atoms with Gasteiger partial charge in [-0.2, -0.15) is 0 Å². The first-order valence-electron chi connectivity index (χ1n) is 8.66. The van der Waals surface area contributed by atoms with Crippen LogP contribution in [0.15, 0.2) is 65.6 Å². The lowest BCUT2D eigenvalue weighted by Crippen LogP contribution is -2.28. The van der Waals surface area contributed by atoms with Gasteiger partial charge in [0.15, 0.2) is 5.78 Å². The molecule has 138 valence electrons. The number of rotatable bonds is 6. The lowest BCUT2D eigenvalue weighted by Gasteiger charge is -2.16. The van der Waals surface area contributed by atoms with Gasteiger partial charge in [0, 0.05) is 10.5 Å². The summed E-state index contributed by atoms with van der Waals surface area (Å²) in [5.74, 6) is -0.740. The fourth-order valence-corrected chi connectivity index (χ4v) is 3.70. The van der Waals surface area contributed by atoms with E-state index < -0.39 is 5.82 Å². The van der Waals surface area contributed by atoms with Crippen molar-refractivity contribution in [2.75, 3.05) is 5.75 Å². The van der Waals surface area contributed by atoms with Crippen molar-refractivity contribution in [1.29, 1.82) is 0 Å². The van der Waals surface area contributed by atoms with E-state index in [2.05, 4.69) is 5.32 Å². The average Bonchev–Trinajstić information content (AvgIpc) is 2.66. The van der Waals surface area contributed by atoms with Crippen LogP contribution >= 0.6 is 11.8 Å². The van der Waals surface area contributed by atoms with Gasteiger partial charge in [-0.1, -0.05) is 48.5 Å². The number of Topliss-reactive ketones (excluding diaryl/α,β-unsaturated/α-hetero) is 1. The van der Waals surface area contributed by atoms with Gasteiger partial charge < -0.3 is 5.32 Å². The van der Waals surface area contributed by atoms with E-state index in [9.17, 15) is 14.0 Å². The molecule has 0 heterocycles. The van der Waals surface area contributed by atoms with Crippen molar-refractivity contribution in [3.05, 3.63) is 77.6 Å². The Balaban J connectivity index is 1.64. The average molecular weight is 381 g/mol. The minimum absolute atomic E-state index is 0.103. The Morgan fingerprint density at radius 1 is 1.07 bits per heavy atom. The molecule has 0 aliphatic carbocycles. The summed E-state index contributed by atoms with van der Waals surface area (Å²) >= 11 is 1.12. The molecule has 0 aliphatic rings. The van der Waals surface area contributed by atoms with Gasteiger partial charge in [0.25, 0.3) is 0 Å². The number of thioether (sulfide) groups is 1. The number of carbonyl (C=O) groups is 2. The van der Waals surface area contributed by atoms with Gasteiger partial charge in [0.1, 0.15) is 5.82 Å². The molecule has 3 rings (SSSR count). The predicted molar refractivity (Wildman–Crippen MR) is 108 cm³/mol. The molecule has 5 heteroatoms. The minimum Gasteiger partial charge on any atom is -0.349 e. The van der Waals surface area contributed by atoms with Gasteiger partial charge in [0.05, 0.1) is 11.8 Å². The zero-order chi connectivity index (χ0) is 19.4. The summed E-state index contributed by atoms with van der Waals surface area (Å²) in [6.07, 6.45) is 0. The van der Waals surface area contributed by atoms with E-state index in [0.29, 0.717) is 10.5 Å². The normalized spacial score (nSPS) is 12.0. The van der Waals surface area contributed by atoms with E-state index >= 15 is 0 Å². The summed E-state index contributed by atoms with van der Waals surface area (Å²) in [7, 11) is 0. The molecule has 3 nitrogen and oxygen atoms in total. The highest BCUT2D eigenvalue weighted by molar-refractivity contribution is 8.00. The fraction of sp³-hybridized carbons (Fsp3) is 0.182. The molecule has 1 amide bonds. The van der Waals surface area contributed by atoms with E-state index in [0.717, 1.165) is 28.1 Å². The molecule has 1 atom stereocenters. The number of halogens is 1. The maximum absolute atomic E-state index is 14.1. The molecule has 0 radical (unpaired) electrons. The van der Waals surface area contributed by atoms with Crippen LogP contribution in [0.25, 0.3) is 10.8 Å². The molecule has 1 unspecified atom stereocenters. The van der Waals surface area contributed by atoms with Crippen LogP contribution in [0, 0.1) is 5.82 Å². The zero-order valence-corrected chi connectivity index (χ0v) is 16.0. The number of hydrogen-bond donors (Lipinski definition) is 1. The summed E-state index contributed by atoms with van der Waals surface area (Å²) in [5.41, 5.74) is 1.37. The second kappa shape index (κ2) is 8.35.